The smallest absolute Gasteiger partial charge is 0.0626 e. The van der Waals surface area contributed by atoms with Gasteiger partial charge >= 0.3 is 0 Å². The summed E-state index contributed by atoms with van der Waals surface area (Å²) in [5, 5.41) is 14.0. The second-order valence-corrected chi connectivity index (χ2v) is 6.32. The second kappa shape index (κ2) is 6.26. The summed E-state index contributed by atoms with van der Waals surface area (Å²) in [5.74, 6) is 0.956. The van der Waals surface area contributed by atoms with Crippen LogP contribution in [0.25, 0.3) is 0 Å². The van der Waals surface area contributed by atoms with Crippen LogP contribution >= 0.6 is 11.8 Å². The highest BCUT2D eigenvalue weighted by atomic mass is 32.2. The standard InChI is InChI=1S/C15H20N2OS/c1-15(2,18)8-9-17-11-14(10-16-17)19-12-13-6-4-3-5-7-13/h3-7,10-11,18H,8-9,12H2,1-2H3. The van der Waals surface area contributed by atoms with Gasteiger partial charge in [0.15, 0.2) is 0 Å². The van der Waals surface area contributed by atoms with Crippen molar-refractivity contribution in [3.05, 3.63) is 48.3 Å². The average Bonchev–Trinajstić information content (AvgIpc) is 2.82. The molecular formula is C15H20N2OS. The van der Waals surface area contributed by atoms with Crippen molar-refractivity contribution in [3.63, 3.8) is 0 Å². The van der Waals surface area contributed by atoms with Crippen molar-refractivity contribution >= 4 is 11.8 Å². The highest BCUT2D eigenvalue weighted by molar-refractivity contribution is 7.98. The third kappa shape index (κ3) is 5.09. The summed E-state index contributed by atoms with van der Waals surface area (Å²) in [6.07, 6.45) is 4.63. The lowest BCUT2D eigenvalue weighted by Gasteiger charge is -2.16. The molecule has 2 aromatic rings. The first-order valence-corrected chi connectivity index (χ1v) is 7.43. The summed E-state index contributed by atoms with van der Waals surface area (Å²) in [5.41, 5.74) is 0.681. The van der Waals surface area contributed by atoms with Crippen LogP contribution in [0.2, 0.25) is 0 Å². The molecule has 0 bridgehead atoms. The summed E-state index contributed by atoms with van der Waals surface area (Å²) in [7, 11) is 0. The van der Waals surface area contributed by atoms with E-state index >= 15 is 0 Å². The Balaban J connectivity index is 1.84. The molecule has 0 saturated heterocycles. The number of thioether (sulfide) groups is 1. The van der Waals surface area contributed by atoms with Gasteiger partial charge in [0.25, 0.3) is 0 Å². The molecule has 1 aromatic carbocycles. The van der Waals surface area contributed by atoms with Gasteiger partial charge in [-0.05, 0) is 25.8 Å². The molecule has 1 N–H and O–H groups in total. The van der Waals surface area contributed by atoms with Crippen molar-refractivity contribution in [1.29, 1.82) is 0 Å². The van der Waals surface area contributed by atoms with Crippen molar-refractivity contribution in [2.45, 2.75) is 43.1 Å². The van der Waals surface area contributed by atoms with E-state index in [1.165, 1.54) is 10.5 Å². The Hall–Kier alpha value is -1.26. The van der Waals surface area contributed by atoms with Crippen LogP contribution in [0, 0.1) is 0 Å². The average molecular weight is 276 g/mol. The van der Waals surface area contributed by atoms with Crippen LogP contribution in [0.3, 0.4) is 0 Å². The molecule has 1 heterocycles. The van der Waals surface area contributed by atoms with Crippen LogP contribution in [0.1, 0.15) is 25.8 Å². The molecule has 0 aliphatic rings. The maximum Gasteiger partial charge on any atom is 0.0626 e. The van der Waals surface area contributed by atoms with Gasteiger partial charge in [-0.25, -0.2) is 0 Å². The number of nitrogens with zero attached hydrogens (tertiary/aromatic N) is 2. The van der Waals surface area contributed by atoms with E-state index in [1.54, 1.807) is 11.8 Å². The first-order chi connectivity index (χ1) is 9.03. The van der Waals surface area contributed by atoms with Crippen LogP contribution < -0.4 is 0 Å². The van der Waals surface area contributed by atoms with E-state index in [4.69, 9.17) is 0 Å². The molecule has 1 aromatic heterocycles. The van der Waals surface area contributed by atoms with E-state index in [-0.39, 0.29) is 0 Å². The van der Waals surface area contributed by atoms with Gasteiger partial charge in [0, 0.05) is 23.4 Å². The van der Waals surface area contributed by atoms with Crippen LogP contribution in [0.4, 0.5) is 0 Å². The van der Waals surface area contributed by atoms with Gasteiger partial charge in [0.1, 0.15) is 0 Å². The lowest BCUT2D eigenvalue weighted by molar-refractivity contribution is 0.0651. The molecule has 0 atom stereocenters. The largest absolute Gasteiger partial charge is 0.390 e. The molecule has 19 heavy (non-hydrogen) atoms. The number of hydrogen-bond donors (Lipinski definition) is 1. The van der Waals surface area contributed by atoms with Crippen molar-refractivity contribution in [3.8, 4) is 0 Å². The third-order valence-corrected chi connectivity index (χ3v) is 3.83. The quantitative estimate of drug-likeness (QED) is 0.822. The molecule has 0 radical (unpaired) electrons. The highest BCUT2D eigenvalue weighted by Crippen LogP contribution is 2.22. The van der Waals surface area contributed by atoms with E-state index in [1.807, 2.05) is 37.0 Å². The Morgan fingerprint density at radius 1 is 1.26 bits per heavy atom. The summed E-state index contributed by atoms with van der Waals surface area (Å²) in [6, 6.07) is 10.4. The minimum atomic E-state index is -0.636. The Kier molecular flexibility index (Phi) is 4.66. The molecule has 0 aliphatic carbocycles. The van der Waals surface area contributed by atoms with Crippen molar-refractivity contribution in [2.75, 3.05) is 0 Å². The lowest BCUT2D eigenvalue weighted by atomic mass is 10.1. The fraction of sp³-hybridized carbons (Fsp3) is 0.400. The molecule has 0 spiro atoms. The van der Waals surface area contributed by atoms with E-state index in [0.717, 1.165) is 12.3 Å². The molecule has 0 unspecified atom stereocenters. The van der Waals surface area contributed by atoms with Gasteiger partial charge in [0.2, 0.25) is 0 Å². The summed E-state index contributed by atoms with van der Waals surface area (Å²) < 4.78 is 1.89. The molecule has 0 amide bonds. The molecule has 0 fully saturated rings. The third-order valence-electron chi connectivity index (χ3n) is 2.81. The molecule has 3 nitrogen and oxygen atoms in total. The normalized spacial score (nSPS) is 11.7. The zero-order valence-electron chi connectivity index (χ0n) is 11.4. The minimum Gasteiger partial charge on any atom is -0.390 e. The second-order valence-electron chi connectivity index (χ2n) is 5.28. The molecule has 0 saturated carbocycles. The summed E-state index contributed by atoms with van der Waals surface area (Å²) >= 11 is 1.78. The molecule has 4 heteroatoms. The predicted molar refractivity (Wildman–Crippen MR) is 79.1 cm³/mol. The zero-order chi connectivity index (χ0) is 13.7. The highest BCUT2D eigenvalue weighted by Gasteiger charge is 2.12. The number of rotatable bonds is 6. The van der Waals surface area contributed by atoms with Gasteiger partial charge in [-0.3, -0.25) is 4.68 Å². The summed E-state index contributed by atoms with van der Waals surface area (Å²) in [6.45, 7) is 4.39. The van der Waals surface area contributed by atoms with E-state index in [9.17, 15) is 5.11 Å². The maximum absolute atomic E-state index is 9.69. The maximum atomic E-state index is 9.69. The fourth-order valence-corrected chi connectivity index (χ4v) is 2.51. The molecular weight excluding hydrogens is 256 g/mol. The van der Waals surface area contributed by atoms with Crippen LogP contribution in [-0.4, -0.2) is 20.5 Å². The van der Waals surface area contributed by atoms with E-state index in [0.29, 0.717) is 6.42 Å². The van der Waals surface area contributed by atoms with Crippen molar-refractivity contribution in [2.24, 2.45) is 0 Å². The molecule has 2 rings (SSSR count). The Morgan fingerprint density at radius 2 is 2.00 bits per heavy atom. The number of aromatic nitrogens is 2. The van der Waals surface area contributed by atoms with E-state index < -0.39 is 5.60 Å². The SMILES string of the molecule is CC(C)(O)CCn1cc(SCc2ccccc2)cn1. The first kappa shape index (κ1) is 14.2. The number of hydrogen-bond acceptors (Lipinski definition) is 3. The van der Waals surface area contributed by atoms with Crippen LogP contribution in [-0.2, 0) is 12.3 Å². The zero-order valence-corrected chi connectivity index (χ0v) is 12.2. The fourth-order valence-electron chi connectivity index (χ4n) is 1.67. The lowest BCUT2D eigenvalue weighted by Crippen LogP contribution is -2.21. The summed E-state index contributed by atoms with van der Waals surface area (Å²) in [4.78, 5) is 1.17. The van der Waals surface area contributed by atoms with Gasteiger partial charge in [-0.15, -0.1) is 11.8 Å². The topological polar surface area (TPSA) is 38.0 Å². The van der Waals surface area contributed by atoms with Gasteiger partial charge < -0.3 is 5.11 Å². The Labute approximate surface area is 118 Å². The number of aryl methyl sites for hydroxylation is 1. The Morgan fingerprint density at radius 3 is 2.68 bits per heavy atom. The van der Waals surface area contributed by atoms with Crippen molar-refractivity contribution < 1.29 is 5.11 Å². The Bertz CT molecular complexity index is 502. The molecule has 102 valence electrons. The first-order valence-electron chi connectivity index (χ1n) is 6.44. The van der Waals surface area contributed by atoms with Crippen LogP contribution in [0.15, 0.2) is 47.6 Å². The van der Waals surface area contributed by atoms with Gasteiger partial charge in [-0.2, -0.15) is 5.10 Å². The number of benzene rings is 1. The minimum absolute atomic E-state index is 0.636. The number of aliphatic hydroxyl groups is 1. The van der Waals surface area contributed by atoms with Gasteiger partial charge in [-0.1, -0.05) is 30.3 Å². The van der Waals surface area contributed by atoms with Crippen LogP contribution in [0.5, 0.6) is 0 Å². The monoisotopic (exact) mass is 276 g/mol. The predicted octanol–water partition coefficient (Wildman–Crippen LogP) is 3.34. The molecule has 0 aliphatic heterocycles. The van der Waals surface area contributed by atoms with Gasteiger partial charge in [0.05, 0.1) is 11.8 Å². The van der Waals surface area contributed by atoms with Crippen molar-refractivity contribution in [1.82, 2.24) is 9.78 Å². The van der Waals surface area contributed by atoms with E-state index in [2.05, 4.69) is 29.4 Å².